The highest BCUT2D eigenvalue weighted by molar-refractivity contribution is 7.13. The zero-order valence-corrected chi connectivity index (χ0v) is 17.3. The minimum Gasteiger partial charge on any atom is -0.493 e. The number of nitrogens with zero attached hydrogens (tertiary/aromatic N) is 2. The van der Waals surface area contributed by atoms with E-state index >= 15 is 0 Å². The maximum Gasteiger partial charge on any atom is 0.338 e. The van der Waals surface area contributed by atoms with E-state index in [1.165, 1.54) is 29.5 Å². The minimum absolute atomic E-state index is 0.0663. The van der Waals surface area contributed by atoms with Gasteiger partial charge in [0.1, 0.15) is 17.3 Å². The molecule has 0 aliphatic carbocycles. The van der Waals surface area contributed by atoms with E-state index < -0.39 is 10.9 Å². The van der Waals surface area contributed by atoms with Gasteiger partial charge < -0.3 is 19.5 Å². The van der Waals surface area contributed by atoms with Crippen molar-refractivity contribution in [2.45, 2.75) is 6.61 Å². The van der Waals surface area contributed by atoms with Crippen LogP contribution in [0.1, 0.15) is 16.1 Å². The molecular formula is C20H19N3O6S. The van der Waals surface area contributed by atoms with Crippen LogP contribution in [0.15, 0.2) is 41.8 Å². The molecule has 30 heavy (non-hydrogen) atoms. The number of carbonyl (C=O) groups is 1. The number of aromatic nitrogens is 1. The van der Waals surface area contributed by atoms with Gasteiger partial charge in [-0.2, -0.15) is 0 Å². The summed E-state index contributed by atoms with van der Waals surface area (Å²) < 4.78 is 16.0. The molecule has 0 amide bonds. The standard InChI is InChI=1S/C20H19N3O6S/c1-21-15-8-7-12(9-16(15)23(25)26)20(24)29-10-13-11-30-19(22-13)14-5-4-6-17(27-2)18(14)28-3/h4-9,11,21H,10H2,1-3H3. The molecule has 0 spiro atoms. The number of anilines is 1. The van der Waals surface area contributed by atoms with Crippen molar-refractivity contribution < 1.29 is 23.9 Å². The predicted molar refractivity (Wildman–Crippen MR) is 112 cm³/mol. The molecule has 0 aliphatic rings. The lowest BCUT2D eigenvalue weighted by atomic mass is 10.1. The van der Waals surface area contributed by atoms with Gasteiger partial charge in [0, 0.05) is 18.5 Å². The summed E-state index contributed by atoms with van der Waals surface area (Å²) in [5.41, 5.74) is 1.51. The third-order valence-corrected chi connectivity index (χ3v) is 5.16. The van der Waals surface area contributed by atoms with Crippen molar-refractivity contribution in [3.05, 3.63) is 63.1 Å². The molecule has 1 N–H and O–H groups in total. The molecule has 0 saturated heterocycles. The fourth-order valence-corrected chi connectivity index (χ4v) is 3.62. The van der Waals surface area contributed by atoms with Gasteiger partial charge in [-0.05, 0) is 24.3 Å². The third kappa shape index (κ3) is 4.33. The largest absolute Gasteiger partial charge is 0.493 e. The fourth-order valence-electron chi connectivity index (χ4n) is 2.80. The second-order valence-corrected chi connectivity index (χ2v) is 6.86. The molecule has 0 bridgehead atoms. The Labute approximate surface area is 176 Å². The molecule has 2 aromatic carbocycles. The summed E-state index contributed by atoms with van der Waals surface area (Å²) in [5, 5.41) is 16.3. The van der Waals surface area contributed by atoms with Crippen LogP contribution in [-0.4, -0.2) is 37.1 Å². The number of nitro groups is 1. The summed E-state index contributed by atoms with van der Waals surface area (Å²) in [4.78, 5) is 27.4. The smallest absolute Gasteiger partial charge is 0.338 e. The SMILES string of the molecule is CNc1ccc(C(=O)OCc2csc(-c3cccc(OC)c3OC)n2)cc1[N+](=O)[O-]. The minimum atomic E-state index is -0.672. The first-order valence-electron chi connectivity index (χ1n) is 8.77. The zero-order chi connectivity index (χ0) is 21.7. The van der Waals surface area contributed by atoms with Gasteiger partial charge in [0.2, 0.25) is 0 Å². The number of para-hydroxylation sites is 1. The van der Waals surface area contributed by atoms with Gasteiger partial charge >= 0.3 is 5.97 Å². The van der Waals surface area contributed by atoms with E-state index in [1.54, 1.807) is 32.7 Å². The Hall–Kier alpha value is -3.66. The van der Waals surface area contributed by atoms with E-state index in [9.17, 15) is 14.9 Å². The van der Waals surface area contributed by atoms with Crippen molar-refractivity contribution >= 4 is 28.7 Å². The zero-order valence-electron chi connectivity index (χ0n) is 16.5. The van der Waals surface area contributed by atoms with Crippen LogP contribution in [0.4, 0.5) is 11.4 Å². The molecule has 3 aromatic rings. The predicted octanol–water partition coefficient (Wildman–Crippen LogP) is 4.13. The number of carbonyl (C=O) groups excluding carboxylic acids is 1. The van der Waals surface area contributed by atoms with E-state index in [0.717, 1.165) is 5.56 Å². The number of nitrogens with one attached hydrogen (secondary N) is 1. The van der Waals surface area contributed by atoms with E-state index in [4.69, 9.17) is 14.2 Å². The van der Waals surface area contributed by atoms with Gasteiger partial charge in [0.15, 0.2) is 11.5 Å². The van der Waals surface area contributed by atoms with Crippen LogP contribution in [0.25, 0.3) is 10.6 Å². The molecule has 0 atom stereocenters. The van der Waals surface area contributed by atoms with Crippen LogP contribution in [-0.2, 0) is 11.3 Å². The highest BCUT2D eigenvalue weighted by atomic mass is 32.1. The number of rotatable bonds is 8. The van der Waals surface area contributed by atoms with Crippen molar-refractivity contribution in [2.24, 2.45) is 0 Å². The molecule has 156 valence electrons. The molecule has 9 nitrogen and oxygen atoms in total. The molecule has 3 rings (SSSR count). The Bertz CT molecular complexity index is 1080. The Morgan fingerprint density at radius 2 is 2.03 bits per heavy atom. The van der Waals surface area contributed by atoms with Crippen LogP contribution in [0, 0.1) is 10.1 Å². The van der Waals surface area contributed by atoms with Gasteiger partial charge in [0.05, 0.1) is 36.0 Å². The average Bonchev–Trinajstić information content (AvgIpc) is 3.25. The van der Waals surface area contributed by atoms with Crippen LogP contribution in [0.3, 0.4) is 0 Å². The number of thiazole rings is 1. The molecule has 0 fully saturated rings. The Morgan fingerprint density at radius 3 is 2.70 bits per heavy atom. The number of ether oxygens (including phenoxy) is 3. The summed E-state index contributed by atoms with van der Waals surface area (Å²) in [6, 6.07) is 9.59. The lowest BCUT2D eigenvalue weighted by Crippen LogP contribution is -2.07. The van der Waals surface area contributed by atoms with Gasteiger partial charge in [0.25, 0.3) is 5.69 Å². The van der Waals surface area contributed by atoms with E-state index in [1.807, 2.05) is 12.1 Å². The molecule has 0 saturated carbocycles. The summed E-state index contributed by atoms with van der Waals surface area (Å²) in [6.45, 7) is -0.0663. The molecule has 0 unspecified atom stereocenters. The summed E-state index contributed by atoms with van der Waals surface area (Å²) in [5.74, 6) is 0.480. The molecule has 1 heterocycles. The second kappa shape index (κ2) is 9.23. The topological polar surface area (TPSA) is 113 Å². The lowest BCUT2D eigenvalue weighted by Gasteiger charge is -2.10. The van der Waals surface area contributed by atoms with Crippen molar-refractivity contribution in [3.8, 4) is 22.1 Å². The van der Waals surface area contributed by atoms with Crippen molar-refractivity contribution in [2.75, 3.05) is 26.6 Å². The van der Waals surface area contributed by atoms with E-state index in [-0.39, 0.29) is 17.9 Å². The normalized spacial score (nSPS) is 10.4. The van der Waals surface area contributed by atoms with Gasteiger partial charge in [-0.3, -0.25) is 10.1 Å². The second-order valence-electron chi connectivity index (χ2n) is 6.00. The van der Waals surface area contributed by atoms with Crippen LogP contribution < -0.4 is 14.8 Å². The van der Waals surface area contributed by atoms with E-state index in [2.05, 4.69) is 10.3 Å². The molecule has 10 heteroatoms. The fraction of sp³-hybridized carbons (Fsp3) is 0.200. The first-order chi connectivity index (χ1) is 14.5. The number of hydrogen-bond donors (Lipinski definition) is 1. The summed E-state index contributed by atoms with van der Waals surface area (Å²) >= 11 is 1.37. The first-order valence-corrected chi connectivity index (χ1v) is 9.65. The van der Waals surface area contributed by atoms with Crippen molar-refractivity contribution in [1.82, 2.24) is 4.98 Å². The maximum absolute atomic E-state index is 12.3. The number of methoxy groups -OCH3 is 2. The summed E-state index contributed by atoms with van der Waals surface area (Å²) in [6.07, 6.45) is 0. The lowest BCUT2D eigenvalue weighted by molar-refractivity contribution is -0.384. The number of nitro benzene ring substituents is 1. The molecule has 1 aromatic heterocycles. The van der Waals surface area contributed by atoms with Crippen LogP contribution >= 0.6 is 11.3 Å². The van der Waals surface area contributed by atoms with Gasteiger partial charge in [-0.15, -0.1) is 11.3 Å². The highest BCUT2D eigenvalue weighted by Gasteiger charge is 2.19. The Balaban J connectivity index is 1.74. The van der Waals surface area contributed by atoms with E-state index in [0.29, 0.717) is 27.9 Å². The third-order valence-electron chi connectivity index (χ3n) is 4.24. The summed E-state index contributed by atoms with van der Waals surface area (Å²) in [7, 11) is 4.68. The van der Waals surface area contributed by atoms with Crippen molar-refractivity contribution in [1.29, 1.82) is 0 Å². The number of esters is 1. The Morgan fingerprint density at radius 1 is 1.23 bits per heavy atom. The average molecular weight is 429 g/mol. The number of hydrogen-bond acceptors (Lipinski definition) is 9. The van der Waals surface area contributed by atoms with Crippen LogP contribution in [0.5, 0.6) is 11.5 Å². The van der Waals surface area contributed by atoms with Gasteiger partial charge in [-0.25, -0.2) is 9.78 Å². The Kier molecular flexibility index (Phi) is 6.48. The molecule has 0 aliphatic heterocycles. The molecular weight excluding hydrogens is 410 g/mol. The van der Waals surface area contributed by atoms with Gasteiger partial charge in [-0.1, -0.05) is 6.07 Å². The maximum atomic E-state index is 12.3. The first kappa shape index (κ1) is 21.1. The number of benzene rings is 2. The highest BCUT2D eigenvalue weighted by Crippen LogP contribution is 2.39. The monoisotopic (exact) mass is 429 g/mol. The molecule has 0 radical (unpaired) electrons. The quantitative estimate of drug-likeness (QED) is 0.323. The van der Waals surface area contributed by atoms with Crippen LogP contribution in [0.2, 0.25) is 0 Å². The van der Waals surface area contributed by atoms with Crippen molar-refractivity contribution in [3.63, 3.8) is 0 Å².